The molecule has 4 aliphatic rings. The second-order valence-corrected chi connectivity index (χ2v) is 21.1. The second kappa shape index (κ2) is 14.4. The molecular weight excluding hydrogens is 661 g/mol. The predicted molar refractivity (Wildman–Crippen MR) is 157 cm³/mol. The maximum absolute atomic E-state index is 11.3. The summed E-state index contributed by atoms with van der Waals surface area (Å²) in [6, 6.07) is 0.612. The van der Waals surface area contributed by atoms with Gasteiger partial charge in [-0.25, -0.2) is 25.3 Å². The molecule has 0 aliphatic carbocycles. The van der Waals surface area contributed by atoms with Crippen molar-refractivity contribution in [2.75, 3.05) is 105 Å². The number of quaternary nitrogens is 4. The van der Waals surface area contributed by atoms with E-state index in [9.17, 15) is 38.9 Å². The first-order valence-corrected chi connectivity index (χ1v) is 21.8. The van der Waals surface area contributed by atoms with E-state index in [-0.39, 0.29) is 19.3 Å². The van der Waals surface area contributed by atoms with Crippen molar-refractivity contribution in [1.82, 2.24) is 0 Å². The number of hydrogen-bond donors (Lipinski definition) is 0. The number of unbranched alkanes of at least 4 members (excludes halogenated alkanes) is 3. The molecule has 20 heteroatoms. The number of rotatable bonds is 22. The lowest BCUT2D eigenvalue weighted by Gasteiger charge is -2.68. The van der Waals surface area contributed by atoms with Crippen molar-refractivity contribution >= 4 is 39.2 Å². The molecule has 0 radical (unpaired) electrons. The summed E-state index contributed by atoms with van der Waals surface area (Å²) >= 11 is 0. The van der Waals surface area contributed by atoms with E-state index < -0.39 is 56.4 Å². The minimum atomic E-state index is -4.33. The van der Waals surface area contributed by atoms with Crippen LogP contribution < -0.4 is 0 Å². The van der Waals surface area contributed by atoms with Gasteiger partial charge in [-0.2, -0.15) is 17.9 Å². The van der Waals surface area contributed by atoms with Crippen LogP contribution in [0.5, 0.6) is 0 Å². The molecule has 4 heterocycles. The largest absolute Gasteiger partial charge is 0.748 e. The molecule has 4 fully saturated rings. The smallest absolute Gasteiger partial charge is 0.500 e. The van der Waals surface area contributed by atoms with Crippen molar-refractivity contribution in [3.63, 3.8) is 0 Å². The van der Waals surface area contributed by atoms with Gasteiger partial charge in [0.05, 0.1) is 56.5 Å². The van der Waals surface area contributed by atoms with Gasteiger partial charge in [-0.05, 0) is 38.5 Å². The summed E-state index contributed by atoms with van der Waals surface area (Å²) in [5.41, 5.74) is 0. The Bertz CT molecular complexity index is 1140. The van der Waals surface area contributed by atoms with Crippen molar-refractivity contribution in [2.45, 2.75) is 51.0 Å². The fraction of sp³-hybridized carbons (Fsp3) is 1.00. The summed E-state index contributed by atoms with van der Waals surface area (Å²) in [5.74, 6) is -1.26. The van der Waals surface area contributed by atoms with Crippen LogP contribution in [0.2, 0.25) is 6.04 Å². The van der Waals surface area contributed by atoms with E-state index in [1.165, 1.54) is 0 Å². The van der Waals surface area contributed by atoms with Crippen molar-refractivity contribution in [1.29, 1.82) is 0 Å². The molecule has 4 saturated heterocycles. The lowest BCUT2D eigenvalue weighted by atomic mass is 10.1. The summed E-state index contributed by atoms with van der Waals surface area (Å²) in [4.78, 5) is 0. The van der Waals surface area contributed by atoms with E-state index in [1.54, 1.807) is 21.3 Å². The zero-order valence-electron chi connectivity index (χ0n) is 26.3. The van der Waals surface area contributed by atoms with Crippen LogP contribution in [0.1, 0.15) is 44.9 Å². The first-order valence-electron chi connectivity index (χ1n) is 15.1. The molecule has 0 aromatic heterocycles. The predicted octanol–water partition coefficient (Wildman–Crippen LogP) is -0.716. The standard InChI is InChI=1S/C24H51N4O12S3Si/c1-38-44(39-2,40-3)18-10-14-28-22-25(11-4-7-15-41(29,30)31)19-26(23-28,12-5-8-16-42(32,33)34)21-27(20-25,24-28)13-6-9-17-43(35,36)37/h4-24H2,1-3H3/q+1. The van der Waals surface area contributed by atoms with Gasteiger partial charge >= 0.3 is 8.80 Å². The molecule has 16 nitrogen and oxygen atoms in total. The number of nitrogens with zero attached hydrogens (tertiary/aromatic N) is 4. The van der Waals surface area contributed by atoms with Gasteiger partial charge in [0.2, 0.25) is 40.0 Å². The summed E-state index contributed by atoms with van der Waals surface area (Å²) in [6.45, 7) is 7.58. The van der Waals surface area contributed by atoms with Gasteiger partial charge in [-0.3, -0.25) is 0 Å². The second-order valence-electron chi connectivity index (χ2n) is 13.4. The van der Waals surface area contributed by atoms with Crippen LogP contribution in [0.15, 0.2) is 0 Å². The van der Waals surface area contributed by atoms with Gasteiger partial charge in [0.1, 0.15) is 0 Å². The van der Waals surface area contributed by atoms with Crippen LogP contribution in [-0.4, -0.2) is 170 Å². The molecule has 0 amide bonds. The molecule has 4 aliphatic heterocycles. The quantitative estimate of drug-likeness (QED) is 0.0592. The third-order valence-electron chi connectivity index (χ3n) is 9.48. The van der Waals surface area contributed by atoms with Gasteiger partial charge in [-0.1, -0.05) is 0 Å². The van der Waals surface area contributed by atoms with Crippen LogP contribution in [0, 0.1) is 0 Å². The fourth-order valence-electron chi connectivity index (χ4n) is 8.57. The molecule has 260 valence electrons. The minimum absolute atomic E-state index is 0.262. The molecule has 4 rings (SSSR count). The molecule has 4 bridgehead atoms. The Morgan fingerprint density at radius 1 is 0.477 bits per heavy atom. The number of hydrogen-bond acceptors (Lipinski definition) is 12. The molecule has 0 saturated carbocycles. The molecular formula is C24H51N4O12S3Si+. The Balaban J connectivity index is 1.91. The Labute approximate surface area is 264 Å². The van der Waals surface area contributed by atoms with Crippen molar-refractivity contribution < 1.29 is 70.1 Å². The molecule has 44 heavy (non-hydrogen) atoms. The fourth-order valence-corrected chi connectivity index (χ4v) is 11.9. The van der Waals surface area contributed by atoms with Gasteiger partial charge in [0, 0.05) is 51.1 Å². The third kappa shape index (κ3) is 10.9. The first-order chi connectivity index (χ1) is 20.3. The molecule has 0 atom stereocenters. The molecule has 0 aromatic rings. The molecule has 0 N–H and O–H groups in total. The van der Waals surface area contributed by atoms with Gasteiger partial charge in [-0.15, -0.1) is 0 Å². The summed E-state index contributed by atoms with van der Waals surface area (Å²) in [6.07, 6.45) is 3.21. The van der Waals surface area contributed by atoms with Crippen molar-refractivity contribution in [3.05, 3.63) is 0 Å². The summed E-state index contributed by atoms with van der Waals surface area (Å²) < 4.78 is 121. The van der Waals surface area contributed by atoms with E-state index in [0.717, 1.165) is 57.5 Å². The SMILES string of the molecule is CO[Si](CCC[N+]12C[N+]3(CCCCS(=O)(=O)[O-])C[N+](CCCCS(=O)(=O)[O-])(C[N+](CCCCS(=O)(=O)[O-])(C3)C1)C2)(OC)OC. The highest BCUT2D eigenvalue weighted by Gasteiger charge is 2.72. The Hall–Kier alpha value is -0.333. The minimum Gasteiger partial charge on any atom is -0.748 e. The van der Waals surface area contributed by atoms with Crippen LogP contribution >= 0.6 is 0 Å². The maximum atomic E-state index is 11.3. The van der Waals surface area contributed by atoms with Crippen LogP contribution in [0.25, 0.3) is 0 Å². The zero-order chi connectivity index (χ0) is 33.0. The zero-order valence-corrected chi connectivity index (χ0v) is 29.7. The Morgan fingerprint density at radius 2 is 0.727 bits per heavy atom. The van der Waals surface area contributed by atoms with Crippen molar-refractivity contribution in [2.24, 2.45) is 0 Å². The highest BCUT2D eigenvalue weighted by atomic mass is 32.2. The van der Waals surface area contributed by atoms with Gasteiger partial charge in [0.15, 0.2) is 0 Å². The van der Waals surface area contributed by atoms with E-state index in [0.29, 0.717) is 58.4 Å². The normalized spacial score (nSPS) is 30.7. The molecule has 0 spiro atoms. The summed E-state index contributed by atoms with van der Waals surface area (Å²) in [7, 11) is -11.1. The highest BCUT2D eigenvalue weighted by molar-refractivity contribution is 7.86. The monoisotopic (exact) mass is 711 g/mol. The highest BCUT2D eigenvalue weighted by Crippen LogP contribution is 2.45. The van der Waals surface area contributed by atoms with Crippen LogP contribution in [0.4, 0.5) is 0 Å². The lowest BCUT2D eigenvalue weighted by molar-refractivity contribution is -1.43. The van der Waals surface area contributed by atoms with Crippen LogP contribution in [0.3, 0.4) is 0 Å². The average Bonchev–Trinajstić information content (AvgIpc) is 2.88. The van der Waals surface area contributed by atoms with Crippen LogP contribution in [-0.2, 0) is 43.6 Å². The van der Waals surface area contributed by atoms with Crippen molar-refractivity contribution in [3.8, 4) is 0 Å². The third-order valence-corrected chi connectivity index (χ3v) is 14.7. The Kier molecular flexibility index (Phi) is 12.5. The maximum Gasteiger partial charge on any atom is 0.500 e. The topological polar surface area (TPSA) is 199 Å². The first kappa shape index (κ1) is 38.1. The van der Waals surface area contributed by atoms with E-state index >= 15 is 0 Å². The average molecular weight is 712 g/mol. The molecule has 0 unspecified atom stereocenters. The Morgan fingerprint density at radius 3 is 0.955 bits per heavy atom. The van der Waals surface area contributed by atoms with E-state index in [4.69, 9.17) is 13.3 Å². The van der Waals surface area contributed by atoms with E-state index in [2.05, 4.69) is 0 Å². The molecule has 0 aromatic carbocycles. The van der Waals surface area contributed by atoms with Gasteiger partial charge in [0.25, 0.3) is 0 Å². The van der Waals surface area contributed by atoms with Gasteiger partial charge < -0.3 is 26.9 Å². The lowest BCUT2D eigenvalue weighted by Crippen LogP contribution is -2.95. The van der Waals surface area contributed by atoms with E-state index in [1.807, 2.05) is 0 Å². The summed E-state index contributed by atoms with van der Waals surface area (Å²) in [5, 5.41) is 0.